The van der Waals surface area contributed by atoms with Gasteiger partial charge >= 0.3 is 0 Å². The van der Waals surface area contributed by atoms with Crippen molar-refractivity contribution in [2.45, 2.75) is 51.1 Å². The minimum absolute atomic E-state index is 0.0660. The highest BCUT2D eigenvalue weighted by Gasteiger charge is 2.32. The van der Waals surface area contributed by atoms with E-state index in [2.05, 4.69) is 17.4 Å². The zero-order valence-electron chi connectivity index (χ0n) is 21.6. The minimum atomic E-state index is -0.650. The summed E-state index contributed by atoms with van der Waals surface area (Å²) in [7, 11) is 1.62. The average Bonchev–Trinajstić information content (AvgIpc) is 2.86. The summed E-state index contributed by atoms with van der Waals surface area (Å²) in [5, 5.41) is 3.10. The predicted octanol–water partition coefficient (Wildman–Crippen LogP) is 5.48. The molecule has 36 heavy (non-hydrogen) atoms. The summed E-state index contributed by atoms with van der Waals surface area (Å²) in [6.07, 6.45) is 0.432. The number of methoxy groups -OCH3 is 1. The monoisotopic (exact) mass is 504 g/mol. The van der Waals surface area contributed by atoms with Crippen molar-refractivity contribution in [3.8, 4) is 5.75 Å². The fourth-order valence-electron chi connectivity index (χ4n) is 3.89. The summed E-state index contributed by atoms with van der Waals surface area (Å²) in [6, 6.07) is 27.0. The van der Waals surface area contributed by atoms with Crippen molar-refractivity contribution in [3.05, 3.63) is 102 Å². The van der Waals surface area contributed by atoms with Crippen molar-refractivity contribution in [1.82, 2.24) is 10.2 Å². The van der Waals surface area contributed by atoms with Crippen LogP contribution < -0.4 is 10.1 Å². The highest BCUT2D eigenvalue weighted by atomic mass is 32.2. The second kappa shape index (κ2) is 13.2. The van der Waals surface area contributed by atoms with Gasteiger partial charge in [-0.2, -0.15) is 0 Å². The molecule has 3 aromatic carbocycles. The number of amides is 2. The first-order valence-electron chi connectivity index (χ1n) is 12.1. The lowest BCUT2D eigenvalue weighted by molar-refractivity contribution is -0.140. The van der Waals surface area contributed by atoms with Gasteiger partial charge in [-0.1, -0.05) is 72.8 Å². The van der Waals surface area contributed by atoms with Gasteiger partial charge in [0.2, 0.25) is 11.8 Å². The highest BCUT2D eigenvalue weighted by molar-refractivity contribution is 7.99. The van der Waals surface area contributed by atoms with Crippen LogP contribution in [0.4, 0.5) is 0 Å². The number of nitrogens with one attached hydrogen (secondary N) is 1. The smallest absolute Gasteiger partial charge is 0.243 e. The summed E-state index contributed by atoms with van der Waals surface area (Å²) < 4.78 is 5.39. The molecule has 1 atom stereocenters. The van der Waals surface area contributed by atoms with Crippen molar-refractivity contribution in [3.63, 3.8) is 0 Å². The van der Waals surface area contributed by atoms with E-state index in [1.165, 1.54) is 5.56 Å². The van der Waals surface area contributed by atoms with Crippen molar-refractivity contribution >= 4 is 23.6 Å². The molecule has 0 aliphatic carbocycles. The third-order valence-electron chi connectivity index (χ3n) is 5.59. The number of ether oxygens (including phenoxy) is 1. The molecule has 1 unspecified atom stereocenters. The third kappa shape index (κ3) is 8.76. The van der Waals surface area contributed by atoms with Gasteiger partial charge in [-0.15, -0.1) is 11.8 Å². The molecule has 190 valence electrons. The highest BCUT2D eigenvalue weighted by Crippen LogP contribution is 2.21. The van der Waals surface area contributed by atoms with E-state index in [0.717, 1.165) is 22.6 Å². The second-order valence-electron chi connectivity index (χ2n) is 9.80. The lowest BCUT2D eigenvalue weighted by Crippen LogP contribution is -2.54. The molecular weight excluding hydrogens is 468 g/mol. The molecule has 0 radical (unpaired) electrons. The van der Waals surface area contributed by atoms with E-state index in [-0.39, 0.29) is 17.6 Å². The molecule has 3 rings (SSSR count). The Kier molecular flexibility index (Phi) is 10.00. The predicted molar refractivity (Wildman–Crippen MR) is 148 cm³/mol. The van der Waals surface area contributed by atoms with E-state index < -0.39 is 11.6 Å². The van der Waals surface area contributed by atoms with Crippen LogP contribution in [-0.2, 0) is 28.3 Å². The number of rotatable bonds is 11. The third-order valence-corrected chi connectivity index (χ3v) is 6.58. The summed E-state index contributed by atoms with van der Waals surface area (Å²) in [5.41, 5.74) is 2.67. The maximum absolute atomic E-state index is 13.7. The number of benzene rings is 3. The van der Waals surface area contributed by atoms with Gasteiger partial charge in [0.25, 0.3) is 0 Å². The molecule has 0 aliphatic heterocycles. The van der Waals surface area contributed by atoms with E-state index >= 15 is 0 Å². The Balaban J connectivity index is 1.89. The maximum atomic E-state index is 13.7. The molecule has 0 saturated heterocycles. The first kappa shape index (κ1) is 27.3. The number of thioether (sulfide) groups is 1. The molecule has 0 aromatic heterocycles. The number of hydrogen-bond donors (Lipinski definition) is 1. The molecule has 2 amide bonds. The van der Waals surface area contributed by atoms with Crippen LogP contribution in [0.15, 0.2) is 84.9 Å². The molecule has 0 aliphatic rings. The van der Waals surface area contributed by atoms with Gasteiger partial charge in [-0.3, -0.25) is 9.59 Å². The van der Waals surface area contributed by atoms with Crippen LogP contribution in [0.3, 0.4) is 0 Å². The van der Waals surface area contributed by atoms with E-state index in [1.54, 1.807) is 23.8 Å². The van der Waals surface area contributed by atoms with Crippen LogP contribution >= 0.6 is 11.8 Å². The Hall–Kier alpha value is -3.25. The average molecular weight is 505 g/mol. The molecule has 0 heterocycles. The van der Waals surface area contributed by atoms with Gasteiger partial charge in [0.05, 0.1) is 12.9 Å². The Morgan fingerprint density at radius 1 is 0.889 bits per heavy atom. The summed E-state index contributed by atoms with van der Waals surface area (Å²) in [6.45, 7) is 6.17. The molecule has 0 saturated carbocycles. The lowest BCUT2D eigenvalue weighted by Gasteiger charge is -2.34. The summed E-state index contributed by atoms with van der Waals surface area (Å²) in [4.78, 5) is 29.0. The lowest BCUT2D eigenvalue weighted by atomic mass is 10.0. The Bertz CT molecular complexity index is 1110. The molecule has 0 spiro atoms. The van der Waals surface area contributed by atoms with Crippen LogP contribution in [0.2, 0.25) is 0 Å². The number of hydrogen-bond acceptors (Lipinski definition) is 4. The second-order valence-corrected chi connectivity index (χ2v) is 10.8. The minimum Gasteiger partial charge on any atom is -0.497 e. The van der Waals surface area contributed by atoms with Gasteiger partial charge in [0.15, 0.2) is 0 Å². The van der Waals surface area contributed by atoms with Gasteiger partial charge in [0.1, 0.15) is 11.8 Å². The molecule has 6 heteroatoms. The zero-order chi connectivity index (χ0) is 26.0. The normalized spacial score (nSPS) is 12.0. The van der Waals surface area contributed by atoms with Crippen LogP contribution in [0, 0.1) is 0 Å². The number of carbonyl (C=O) groups excluding carboxylic acids is 2. The molecule has 0 fully saturated rings. The van der Waals surface area contributed by atoms with Gasteiger partial charge in [0, 0.05) is 24.3 Å². The van der Waals surface area contributed by atoms with E-state index in [0.29, 0.717) is 13.0 Å². The van der Waals surface area contributed by atoms with Crippen molar-refractivity contribution < 1.29 is 14.3 Å². The standard InChI is InChI=1S/C30H36N2O3S/c1-30(2,3)31-29(34)27(19-23-12-7-5-8-13-23)32(20-25-16-11-17-26(18-25)35-4)28(33)22-36-21-24-14-9-6-10-15-24/h5-18,27H,19-22H2,1-4H3,(H,31,34). The van der Waals surface area contributed by atoms with Crippen LogP contribution in [0.1, 0.15) is 37.5 Å². The molecule has 5 nitrogen and oxygen atoms in total. The largest absolute Gasteiger partial charge is 0.497 e. The van der Waals surface area contributed by atoms with Crippen molar-refractivity contribution in [1.29, 1.82) is 0 Å². The van der Waals surface area contributed by atoms with Crippen LogP contribution in [0.25, 0.3) is 0 Å². The zero-order valence-corrected chi connectivity index (χ0v) is 22.4. The summed E-state index contributed by atoms with van der Waals surface area (Å²) in [5.74, 6) is 1.51. The van der Waals surface area contributed by atoms with Crippen molar-refractivity contribution in [2.75, 3.05) is 12.9 Å². The molecule has 0 bridgehead atoms. The molecule has 3 aromatic rings. The first-order chi connectivity index (χ1) is 17.2. The van der Waals surface area contributed by atoms with E-state index in [4.69, 9.17) is 4.74 Å². The fraction of sp³-hybridized carbons (Fsp3) is 0.333. The van der Waals surface area contributed by atoms with Crippen LogP contribution in [-0.4, -0.2) is 41.2 Å². The summed E-state index contributed by atoms with van der Waals surface area (Å²) >= 11 is 1.56. The van der Waals surface area contributed by atoms with Gasteiger partial charge < -0.3 is 15.0 Å². The van der Waals surface area contributed by atoms with E-state index in [9.17, 15) is 9.59 Å². The van der Waals surface area contributed by atoms with Crippen molar-refractivity contribution in [2.24, 2.45) is 0 Å². The Labute approximate surface area is 219 Å². The topological polar surface area (TPSA) is 58.6 Å². The number of nitrogens with zero attached hydrogens (tertiary/aromatic N) is 1. The Morgan fingerprint density at radius 2 is 1.50 bits per heavy atom. The molecule has 1 N–H and O–H groups in total. The van der Waals surface area contributed by atoms with Gasteiger partial charge in [-0.05, 0) is 49.6 Å². The van der Waals surface area contributed by atoms with Crippen LogP contribution in [0.5, 0.6) is 5.75 Å². The first-order valence-corrected chi connectivity index (χ1v) is 13.3. The van der Waals surface area contributed by atoms with E-state index in [1.807, 2.05) is 93.6 Å². The fourth-order valence-corrected chi connectivity index (χ4v) is 4.76. The SMILES string of the molecule is COc1cccc(CN(C(=O)CSCc2ccccc2)C(Cc2ccccc2)C(=O)NC(C)(C)C)c1. The maximum Gasteiger partial charge on any atom is 0.243 e. The number of carbonyl (C=O) groups is 2. The molecular formula is C30H36N2O3S. The quantitative estimate of drug-likeness (QED) is 0.376. The Morgan fingerprint density at radius 3 is 2.11 bits per heavy atom. The van der Waals surface area contributed by atoms with Gasteiger partial charge in [-0.25, -0.2) is 0 Å².